The Morgan fingerprint density at radius 1 is 0.903 bits per heavy atom. The van der Waals surface area contributed by atoms with Crippen LogP contribution in [0.15, 0.2) is 88.2 Å². The molecular weight excluding hydrogens is 388 g/mol. The van der Waals surface area contributed by atoms with E-state index in [-0.39, 0.29) is 11.5 Å². The maximum Gasteiger partial charge on any atom is 0.342 e. The van der Waals surface area contributed by atoms with E-state index in [1.807, 2.05) is 72.8 Å². The van der Waals surface area contributed by atoms with Crippen molar-refractivity contribution >= 4 is 33.2 Å². The number of hydrogen-bond acceptors (Lipinski definition) is 5. The summed E-state index contributed by atoms with van der Waals surface area (Å²) in [6.07, 6.45) is 1.78. The van der Waals surface area contributed by atoms with Gasteiger partial charge in [0.15, 0.2) is 0 Å². The van der Waals surface area contributed by atoms with Crippen LogP contribution in [0.2, 0.25) is 0 Å². The molecule has 0 saturated carbocycles. The summed E-state index contributed by atoms with van der Waals surface area (Å²) in [5.74, 6) is 0.467. The molecule has 2 aromatic heterocycles. The van der Waals surface area contributed by atoms with E-state index in [0.29, 0.717) is 11.1 Å². The number of anilines is 2. The molecule has 0 saturated heterocycles. The predicted molar refractivity (Wildman–Crippen MR) is 121 cm³/mol. The van der Waals surface area contributed by atoms with E-state index in [2.05, 4.69) is 10.3 Å². The van der Waals surface area contributed by atoms with Crippen LogP contribution in [0.25, 0.3) is 21.9 Å². The summed E-state index contributed by atoms with van der Waals surface area (Å²) in [6, 6.07) is 23.5. The first-order valence-electron chi connectivity index (χ1n) is 10.1. The minimum Gasteiger partial charge on any atom is -0.497 e. The molecule has 0 spiro atoms. The second kappa shape index (κ2) is 6.71. The molecule has 6 rings (SSSR count). The molecule has 5 heteroatoms. The molecule has 1 atom stereocenters. The monoisotopic (exact) mass is 406 g/mol. The fraction of sp³-hybridized carbons (Fsp3) is 0.0769. The van der Waals surface area contributed by atoms with E-state index in [0.717, 1.165) is 44.5 Å². The van der Waals surface area contributed by atoms with E-state index in [4.69, 9.17) is 9.15 Å². The van der Waals surface area contributed by atoms with Gasteiger partial charge in [0.2, 0.25) is 0 Å². The highest BCUT2D eigenvalue weighted by Crippen LogP contribution is 2.48. The zero-order valence-electron chi connectivity index (χ0n) is 16.8. The first-order valence-corrected chi connectivity index (χ1v) is 10.1. The van der Waals surface area contributed by atoms with E-state index in [1.54, 1.807) is 13.3 Å². The van der Waals surface area contributed by atoms with Gasteiger partial charge in [-0.05, 0) is 53.6 Å². The predicted octanol–water partition coefficient (Wildman–Crippen LogP) is 5.59. The Bertz CT molecular complexity index is 1520. The zero-order valence-corrected chi connectivity index (χ0v) is 16.8. The van der Waals surface area contributed by atoms with Gasteiger partial charge in [0, 0.05) is 28.6 Å². The Hall–Kier alpha value is -4.12. The van der Waals surface area contributed by atoms with Gasteiger partial charge < -0.3 is 14.5 Å². The highest BCUT2D eigenvalue weighted by atomic mass is 16.5. The van der Waals surface area contributed by atoms with Gasteiger partial charge >= 0.3 is 5.63 Å². The van der Waals surface area contributed by atoms with Crippen LogP contribution in [0.1, 0.15) is 22.6 Å². The van der Waals surface area contributed by atoms with Gasteiger partial charge in [-0.3, -0.25) is 4.98 Å². The lowest BCUT2D eigenvalue weighted by molar-refractivity contribution is 0.414. The van der Waals surface area contributed by atoms with Gasteiger partial charge in [-0.1, -0.05) is 30.3 Å². The molecule has 1 unspecified atom stereocenters. The van der Waals surface area contributed by atoms with Gasteiger partial charge in [0.05, 0.1) is 23.9 Å². The third-order valence-corrected chi connectivity index (χ3v) is 5.96. The van der Waals surface area contributed by atoms with Crippen molar-refractivity contribution < 1.29 is 9.15 Å². The van der Waals surface area contributed by atoms with Crippen molar-refractivity contribution in [2.24, 2.45) is 0 Å². The SMILES string of the molecule is COc1ccc(C2c3c(c4ccccc4oc3=O)Nc3ccc4ncccc4c32)cc1. The minimum absolute atomic E-state index is 0.300. The maximum absolute atomic E-state index is 13.3. The molecule has 0 bridgehead atoms. The molecule has 0 fully saturated rings. The molecule has 1 aliphatic rings. The van der Waals surface area contributed by atoms with Crippen LogP contribution >= 0.6 is 0 Å². The summed E-state index contributed by atoms with van der Waals surface area (Å²) in [5, 5.41) is 5.41. The van der Waals surface area contributed by atoms with Crippen molar-refractivity contribution in [3.05, 3.63) is 106 Å². The Kier molecular flexibility index (Phi) is 3.83. The van der Waals surface area contributed by atoms with Gasteiger partial charge in [-0.15, -0.1) is 0 Å². The molecule has 0 radical (unpaired) electrons. The third kappa shape index (κ3) is 2.63. The normalized spacial score (nSPS) is 14.7. The number of para-hydroxylation sites is 1. The fourth-order valence-corrected chi connectivity index (χ4v) is 4.56. The summed E-state index contributed by atoms with van der Waals surface area (Å²) in [5.41, 5.74) is 5.48. The number of methoxy groups -OCH3 is 1. The summed E-state index contributed by atoms with van der Waals surface area (Å²) in [4.78, 5) is 17.8. The van der Waals surface area contributed by atoms with Crippen molar-refractivity contribution in [3.8, 4) is 5.75 Å². The van der Waals surface area contributed by atoms with E-state index in [9.17, 15) is 4.79 Å². The van der Waals surface area contributed by atoms with Crippen LogP contribution in [0.4, 0.5) is 11.4 Å². The number of benzene rings is 3. The molecule has 150 valence electrons. The fourth-order valence-electron chi connectivity index (χ4n) is 4.56. The average Bonchev–Trinajstić information content (AvgIpc) is 2.83. The quantitative estimate of drug-likeness (QED) is 0.380. The van der Waals surface area contributed by atoms with Crippen molar-refractivity contribution in [1.29, 1.82) is 0 Å². The van der Waals surface area contributed by atoms with E-state index < -0.39 is 0 Å². The highest BCUT2D eigenvalue weighted by molar-refractivity contribution is 6.00. The molecule has 3 heterocycles. The molecular formula is C26H18N2O3. The second-order valence-electron chi connectivity index (χ2n) is 7.60. The number of nitrogens with zero attached hydrogens (tertiary/aromatic N) is 1. The lowest BCUT2D eigenvalue weighted by Crippen LogP contribution is -2.22. The van der Waals surface area contributed by atoms with Crippen molar-refractivity contribution in [2.75, 3.05) is 12.4 Å². The molecule has 0 amide bonds. The number of rotatable bonds is 2. The highest BCUT2D eigenvalue weighted by Gasteiger charge is 2.33. The zero-order chi connectivity index (χ0) is 20.9. The molecule has 0 aliphatic carbocycles. The van der Waals surface area contributed by atoms with Crippen molar-refractivity contribution in [2.45, 2.75) is 5.92 Å². The van der Waals surface area contributed by atoms with E-state index >= 15 is 0 Å². The maximum atomic E-state index is 13.3. The minimum atomic E-state index is -0.339. The largest absolute Gasteiger partial charge is 0.497 e. The Balaban J connectivity index is 1.73. The van der Waals surface area contributed by atoms with Gasteiger partial charge in [-0.2, -0.15) is 0 Å². The van der Waals surface area contributed by atoms with Crippen LogP contribution in [-0.2, 0) is 0 Å². The second-order valence-corrected chi connectivity index (χ2v) is 7.60. The molecule has 1 N–H and O–H groups in total. The smallest absolute Gasteiger partial charge is 0.342 e. The standard InChI is InChI=1S/C26H18N2O3/c1-30-16-10-8-15(9-11-16)22-23-17-6-4-14-27-19(17)12-13-20(23)28-25-18-5-2-3-7-21(18)31-26(29)24(22)25/h2-14,22,28H,1H3. The average molecular weight is 406 g/mol. The van der Waals surface area contributed by atoms with Crippen molar-refractivity contribution in [1.82, 2.24) is 4.98 Å². The summed E-state index contributed by atoms with van der Waals surface area (Å²) >= 11 is 0. The molecule has 31 heavy (non-hydrogen) atoms. The number of fused-ring (bicyclic) bond motifs is 6. The number of nitrogens with one attached hydrogen (secondary N) is 1. The van der Waals surface area contributed by atoms with Crippen LogP contribution < -0.4 is 15.7 Å². The molecule has 1 aliphatic heterocycles. The lowest BCUT2D eigenvalue weighted by atomic mass is 9.79. The first kappa shape index (κ1) is 17.7. The Morgan fingerprint density at radius 3 is 2.55 bits per heavy atom. The van der Waals surface area contributed by atoms with Crippen LogP contribution in [0, 0.1) is 0 Å². The van der Waals surface area contributed by atoms with Crippen LogP contribution in [0.3, 0.4) is 0 Å². The van der Waals surface area contributed by atoms with Gasteiger partial charge in [0.25, 0.3) is 0 Å². The number of aromatic nitrogens is 1. The Morgan fingerprint density at radius 2 is 1.71 bits per heavy atom. The van der Waals surface area contributed by atoms with Crippen molar-refractivity contribution in [3.63, 3.8) is 0 Å². The Labute approximate surface area is 177 Å². The van der Waals surface area contributed by atoms with Crippen LogP contribution in [-0.4, -0.2) is 12.1 Å². The molecule has 5 aromatic rings. The summed E-state index contributed by atoms with van der Waals surface area (Å²) < 4.78 is 11.1. The van der Waals surface area contributed by atoms with Gasteiger partial charge in [0.1, 0.15) is 11.3 Å². The third-order valence-electron chi connectivity index (χ3n) is 5.96. The summed E-state index contributed by atoms with van der Waals surface area (Å²) in [7, 11) is 1.64. The topological polar surface area (TPSA) is 64.4 Å². The lowest BCUT2D eigenvalue weighted by Gasteiger charge is -2.30. The van der Waals surface area contributed by atoms with Gasteiger partial charge in [-0.25, -0.2) is 4.79 Å². The van der Waals surface area contributed by atoms with Crippen LogP contribution in [0.5, 0.6) is 5.75 Å². The number of hydrogen-bond donors (Lipinski definition) is 1. The first-order chi connectivity index (χ1) is 15.2. The number of ether oxygens (including phenoxy) is 1. The molecule has 3 aromatic carbocycles. The summed E-state index contributed by atoms with van der Waals surface area (Å²) in [6.45, 7) is 0. The van der Waals surface area contributed by atoms with E-state index in [1.165, 1.54) is 0 Å². The number of pyridine rings is 1. The molecule has 5 nitrogen and oxygen atoms in total.